The lowest BCUT2D eigenvalue weighted by molar-refractivity contribution is -0.142. The number of nitrogens with zero attached hydrogens (tertiary/aromatic N) is 2. The average Bonchev–Trinajstić information content (AvgIpc) is 2.48. The van der Waals surface area contributed by atoms with Crippen molar-refractivity contribution >= 4 is 21.9 Å². The number of rotatable bonds is 4. The third-order valence-electron chi connectivity index (χ3n) is 3.03. The molecule has 0 aliphatic heterocycles. The van der Waals surface area contributed by atoms with Crippen LogP contribution in [0.4, 0.5) is 0 Å². The Bertz CT molecular complexity index is 616. The molecule has 0 amide bonds. The van der Waals surface area contributed by atoms with E-state index in [1.807, 2.05) is 37.3 Å². The summed E-state index contributed by atoms with van der Waals surface area (Å²) >= 11 is 3.50. The summed E-state index contributed by atoms with van der Waals surface area (Å²) in [7, 11) is 1.38. The SMILES string of the molecule is CCC(C(=O)OC)c1nccc(-c2ccccc2Br)n1. The van der Waals surface area contributed by atoms with Crippen LogP contribution < -0.4 is 0 Å². The highest BCUT2D eigenvalue weighted by Gasteiger charge is 2.22. The van der Waals surface area contributed by atoms with Crippen LogP contribution in [0.15, 0.2) is 41.0 Å². The summed E-state index contributed by atoms with van der Waals surface area (Å²) in [6.07, 6.45) is 2.27. The summed E-state index contributed by atoms with van der Waals surface area (Å²) < 4.78 is 5.75. The Morgan fingerprint density at radius 2 is 2.10 bits per heavy atom. The van der Waals surface area contributed by atoms with Gasteiger partial charge in [0.25, 0.3) is 0 Å². The average molecular weight is 335 g/mol. The molecule has 2 rings (SSSR count). The monoisotopic (exact) mass is 334 g/mol. The summed E-state index contributed by atoms with van der Waals surface area (Å²) in [6, 6.07) is 9.63. The zero-order chi connectivity index (χ0) is 14.5. The molecule has 1 aromatic carbocycles. The molecule has 0 aliphatic carbocycles. The topological polar surface area (TPSA) is 52.1 Å². The molecular weight excluding hydrogens is 320 g/mol. The fourth-order valence-corrected chi connectivity index (χ4v) is 2.45. The first-order valence-corrected chi connectivity index (χ1v) is 7.12. The number of methoxy groups -OCH3 is 1. The van der Waals surface area contributed by atoms with Crippen LogP contribution in [0.25, 0.3) is 11.3 Å². The minimum atomic E-state index is -0.428. The van der Waals surface area contributed by atoms with Gasteiger partial charge in [-0.05, 0) is 18.6 Å². The second-order valence-electron chi connectivity index (χ2n) is 4.26. The van der Waals surface area contributed by atoms with Crippen LogP contribution in [0.5, 0.6) is 0 Å². The van der Waals surface area contributed by atoms with Gasteiger partial charge in [0, 0.05) is 16.2 Å². The van der Waals surface area contributed by atoms with Crippen molar-refractivity contribution < 1.29 is 9.53 Å². The van der Waals surface area contributed by atoms with Gasteiger partial charge < -0.3 is 4.74 Å². The van der Waals surface area contributed by atoms with Crippen molar-refractivity contribution in [3.8, 4) is 11.3 Å². The number of aromatic nitrogens is 2. The summed E-state index contributed by atoms with van der Waals surface area (Å²) in [6.45, 7) is 1.91. The van der Waals surface area contributed by atoms with Crippen LogP contribution in [-0.4, -0.2) is 23.0 Å². The van der Waals surface area contributed by atoms with Crippen LogP contribution in [0.1, 0.15) is 25.1 Å². The highest BCUT2D eigenvalue weighted by Crippen LogP contribution is 2.27. The number of carbonyl (C=O) groups excluding carboxylic acids is 1. The largest absolute Gasteiger partial charge is 0.468 e. The van der Waals surface area contributed by atoms with E-state index >= 15 is 0 Å². The third-order valence-corrected chi connectivity index (χ3v) is 3.72. The Balaban J connectivity index is 2.42. The normalized spacial score (nSPS) is 11.9. The van der Waals surface area contributed by atoms with Gasteiger partial charge in [0.2, 0.25) is 0 Å². The van der Waals surface area contributed by atoms with Crippen LogP contribution in [0.3, 0.4) is 0 Å². The molecule has 0 saturated heterocycles. The van der Waals surface area contributed by atoms with Crippen LogP contribution in [0, 0.1) is 0 Å². The molecule has 5 heteroatoms. The van der Waals surface area contributed by atoms with E-state index in [2.05, 4.69) is 25.9 Å². The summed E-state index contributed by atoms with van der Waals surface area (Å²) in [5.41, 5.74) is 1.75. The molecule has 0 aliphatic rings. The molecule has 0 fully saturated rings. The first-order chi connectivity index (χ1) is 9.67. The summed E-state index contributed by atoms with van der Waals surface area (Å²) in [5.74, 6) is -0.244. The van der Waals surface area contributed by atoms with E-state index in [1.54, 1.807) is 6.20 Å². The number of hydrogen-bond donors (Lipinski definition) is 0. The molecule has 1 heterocycles. The molecule has 1 unspecified atom stereocenters. The van der Waals surface area contributed by atoms with Gasteiger partial charge in [-0.25, -0.2) is 9.97 Å². The van der Waals surface area contributed by atoms with E-state index in [0.717, 1.165) is 15.7 Å². The molecule has 104 valence electrons. The van der Waals surface area contributed by atoms with Crippen LogP contribution in [-0.2, 0) is 9.53 Å². The third kappa shape index (κ3) is 3.04. The van der Waals surface area contributed by atoms with Crippen molar-refractivity contribution in [1.82, 2.24) is 9.97 Å². The number of hydrogen-bond acceptors (Lipinski definition) is 4. The number of ether oxygens (including phenoxy) is 1. The summed E-state index contributed by atoms with van der Waals surface area (Å²) in [4.78, 5) is 20.5. The number of benzene rings is 1. The van der Waals surface area contributed by atoms with Gasteiger partial charge in [-0.2, -0.15) is 0 Å². The maximum Gasteiger partial charge on any atom is 0.316 e. The molecule has 1 aromatic heterocycles. The maximum absolute atomic E-state index is 11.7. The maximum atomic E-state index is 11.7. The van der Waals surface area contributed by atoms with E-state index in [-0.39, 0.29) is 5.97 Å². The second kappa shape index (κ2) is 6.61. The van der Waals surface area contributed by atoms with Crippen molar-refractivity contribution in [3.05, 3.63) is 46.8 Å². The van der Waals surface area contributed by atoms with E-state index in [0.29, 0.717) is 12.2 Å². The van der Waals surface area contributed by atoms with E-state index in [9.17, 15) is 4.79 Å². The first-order valence-electron chi connectivity index (χ1n) is 6.33. The van der Waals surface area contributed by atoms with Gasteiger partial charge in [-0.1, -0.05) is 41.1 Å². The molecule has 0 N–H and O–H groups in total. The zero-order valence-corrected chi connectivity index (χ0v) is 12.9. The van der Waals surface area contributed by atoms with Crippen LogP contribution in [0.2, 0.25) is 0 Å². The van der Waals surface area contributed by atoms with Crippen molar-refractivity contribution in [2.75, 3.05) is 7.11 Å². The lowest BCUT2D eigenvalue weighted by Crippen LogP contribution is -2.16. The van der Waals surface area contributed by atoms with Gasteiger partial charge in [-0.3, -0.25) is 4.79 Å². The Morgan fingerprint density at radius 3 is 2.75 bits per heavy atom. The van der Waals surface area contributed by atoms with Gasteiger partial charge >= 0.3 is 5.97 Å². The Labute approximate surface area is 126 Å². The fourth-order valence-electron chi connectivity index (χ4n) is 1.96. The number of halogens is 1. The van der Waals surface area contributed by atoms with E-state index in [1.165, 1.54) is 7.11 Å². The number of carbonyl (C=O) groups is 1. The van der Waals surface area contributed by atoms with Gasteiger partial charge in [0.15, 0.2) is 0 Å². The summed E-state index contributed by atoms with van der Waals surface area (Å²) in [5, 5.41) is 0. The smallest absolute Gasteiger partial charge is 0.316 e. The van der Waals surface area contributed by atoms with E-state index in [4.69, 9.17) is 4.74 Å². The minimum Gasteiger partial charge on any atom is -0.468 e. The molecule has 0 radical (unpaired) electrons. The fraction of sp³-hybridized carbons (Fsp3) is 0.267. The lowest BCUT2D eigenvalue weighted by Gasteiger charge is -2.12. The predicted molar refractivity (Wildman–Crippen MR) is 80.2 cm³/mol. The number of esters is 1. The Morgan fingerprint density at radius 1 is 1.35 bits per heavy atom. The lowest BCUT2D eigenvalue weighted by atomic mass is 10.1. The molecule has 2 aromatic rings. The van der Waals surface area contributed by atoms with Crippen molar-refractivity contribution in [1.29, 1.82) is 0 Å². The molecule has 1 atom stereocenters. The molecular formula is C15H15BrN2O2. The predicted octanol–water partition coefficient (Wildman–Crippen LogP) is 3.57. The quantitative estimate of drug-likeness (QED) is 0.802. The molecule has 0 bridgehead atoms. The van der Waals surface area contributed by atoms with Crippen molar-refractivity contribution in [3.63, 3.8) is 0 Å². The standard InChI is InChI=1S/C15H15BrN2O2/c1-3-10(15(19)20-2)14-17-9-8-13(18-14)11-6-4-5-7-12(11)16/h4-10H,3H2,1-2H3. The minimum absolute atomic E-state index is 0.309. The molecule has 4 nitrogen and oxygen atoms in total. The second-order valence-corrected chi connectivity index (χ2v) is 5.12. The Kier molecular flexibility index (Phi) is 4.84. The highest BCUT2D eigenvalue weighted by atomic mass is 79.9. The van der Waals surface area contributed by atoms with Crippen molar-refractivity contribution in [2.24, 2.45) is 0 Å². The molecule has 0 saturated carbocycles. The van der Waals surface area contributed by atoms with Crippen molar-refractivity contribution in [2.45, 2.75) is 19.3 Å². The highest BCUT2D eigenvalue weighted by molar-refractivity contribution is 9.10. The van der Waals surface area contributed by atoms with Crippen LogP contribution >= 0.6 is 15.9 Å². The molecule has 0 spiro atoms. The van der Waals surface area contributed by atoms with Gasteiger partial charge in [0.1, 0.15) is 11.7 Å². The zero-order valence-electron chi connectivity index (χ0n) is 11.3. The Hall–Kier alpha value is -1.75. The van der Waals surface area contributed by atoms with E-state index < -0.39 is 5.92 Å². The molecule has 20 heavy (non-hydrogen) atoms. The van der Waals surface area contributed by atoms with Gasteiger partial charge in [0.05, 0.1) is 12.8 Å². The van der Waals surface area contributed by atoms with Gasteiger partial charge in [-0.15, -0.1) is 0 Å². The first kappa shape index (κ1) is 14.7.